The van der Waals surface area contributed by atoms with Gasteiger partial charge in [-0.1, -0.05) is 23.7 Å². The molecule has 8 heteroatoms. The predicted octanol–water partition coefficient (Wildman–Crippen LogP) is 3.80. The van der Waals surface area contributed by atoms with Crippen LogP contribution in [0, 0.1) is 17.5 Å². The van der Waals surface area contributed by atoms with Crippen molar-refractivity contribution in [3.8, 4) is 0 Å². The van der Waals surface area contributed by atoms with E-state index in [1.54, 1.807) is 24.3 Å². The highest BCUT2D eigenvalue weighted by atomic mass is 35.5. The Labute approximate surface area is 130 Å². The highest BCUT2D eigenvalue weighted by molar-refractivity contribution is 7.89. The SMILES string of the molecule is CC(NS(=O)(=O)c1ccc(F)c(F)c1F)c1ccc(Cl)cc1. The van der Waals surface area contributed by atoms with Gasteiger partial charge in [0, 0.05) is 11.1 Å². The van der Waals surface area contributed by atoms with Crippen molar-refractivity contribution < 1.29 is 21.6 Å². The lowest BCUT2D eigenvalue weighted by molar-refractivity contribution is 0.431. The number of benzene rings is 2. The maximum Gasteiger partial charge on any atom is 0.244 e. The number of sulfonamides is 1. The zero-order valence-electron chi connectivity index (χ0n) is 11.3. The largest absolute Gasteiger partial charge is 0.244 e. The summed E-state index contributed by atoms with van der Waals surface area (Å²) in [6, 6.07) is 6.84. The summed E-state index contributed by atoms with van der Waals surface area (Å²) in [6.45, 7) is 1.53. The van der Waals surface area contributed by atoms with E-state index in [4.69, 9.17) is 11.6 Å². The molecular weight excluding hydrogens is 339 g/mol. The van der Waals surface area contributed by atoms with Gasteiger partial charge in [-0.25, -0.2) is 26.3 Å². The Kier molecular flexibility index (Phi) is 4.79. The Bertz CT molecular complexity index is 794. The molecule has 1 N–H and O–H groups in total. The second-order valence-electron chi connectivity index (χ2n) is 4.57. The van der Waals surface area contributed by atoms with Gasteiger partial charge in [-0.05, 0) is 36.8 Å². The third kappa shape index (κ3) is 3.43. The fourth-order valence-electron chi connectivity index (χ4n) is 1.83. The molecule has 0 aliphatic rings. The van der Waals surface area contributed by atoms with E-state index >= 15 is 0 Å². The van der Waals surface area contributed by atoms with Crippen molar-refractivity contribution in [2.45, 2.75) is 17.9 Å². The van der Waals surface area contributed by atoms with E-state index in [2.05, 4.69) is 4.72 Å². The molecule has 2 rings (SSSR count). The lowest BCUT2D eigenvalue weighted by Gasteiger charge is -2.15. The van der Waals surface area contributed by atoms with Gasteiger partial charge in [0.1, 0.15) is 4.90 Å². The summed E-state index contributed by atoms with van der Waals surface area (Å²) >= 11 is 5.73. The zero-order valence-corrected chi connectivity index (χ0v) is 12.9. The fraction of sp³-hybridized carbons (Fsp3) is 0.143. The number of hydrogen-bond acceptors (Lipinski definition) is 2. The van der Waals surface area contributed by atoms with Gasteiger partial charge in [-0.3, -0.25) is 0 Å². The number of halogens is 4. The van der Waals surface area contributed by atoms with E-state index in [1.165, 1.54) is 6.92 Å². The van der Waals surface area contributed by atoms with Gasteiger partial charge in [-0.15, -0.1) is 0 Å². The number of hydrogen-bond donors (Lipinski definition) is 1. The van der Waals surface area contributed by atoms with Crippen LogP contribution >= 0.6 is 11.6 Å². The predicted molar refractivity (Wildman–Crippen MR) is 76.5 cm³/mol. The van der Waals surface area contributed by atoms with Crippen LogP contribution in [-0.2, 0) is 10.0 Å². The Morgan fingerprint density at radius 2 is 1.59 bits per heavy atom. The summed E-state index contributed by atoms with van der Waals surface area (Å²) in [5, 5.41) is 0.477. The quantitative estimate of drug-likeness (QED) is 0.853. The third-order valence-electron chi connectivity index (χ3n) is 2.99. The van der Waals surface area contributed by atoms with Gasteiger partial charge in [0.15, 0.2) is 17.5 Å². The first-order chi connectivity index (χ1) is 10.2. The van der Waals surface area contributed by atoms with Crippen LogP contribution in [0.3, 0.4) is 0 Å². The highest BCUT2D eigenvalue weighted by Crippen LogP contribution is 2.23. The van der Waals surface area contributed by atoms with E-state index in [1.807, 2.05) is 0 Å². The van der Waals surface area contributed by atoms with Crippen LogP contribution < -0.4 is 4.72 Å². The monoisotopic (exact) mass is 349 g/mol. The molecule has 3 nitrogen and oxygen atoms in total. The molecule has 1 atom stereocenters. The van der Waals surface area contributed by atoms with E-state index in [0.717, 1.165) is 0 Å². The Balaban J connectivity index is 2.32. The maximum absolute atomic E-state index is 13.6. The summed E-state index contributed by atoms with van der Waals surface area (Å²) in [4.78, 5) is -0.952. The summed E-state index contributed by atoms with van der Waals surface area (Å²) < 4.78 is 66.0. The van der Waals surface area contributed by atoms with Crippen molar-refractivity contribution >= 4 is 21.6 Å². The molecule has 118 valence electrons. The second-order valence-corrected chi connectivity index (χ2v) is 6.69. The molecular formula is C14H11ClF3NO2S. The Morgan fingerprint density at radius 1 is 1.00 bits per heavy atom. The maximum atomic E-state index is 13.6. The lowest BCUT2D eigenvalue weighted by Crippen LogP contribution is -2.28. The molecule has 0 spiro atoms. The van der Waals surface area contributed by atoms with Crippen LogP contribution in [-0.4, -0.2) is 8.42 Å². The van der Waals surface area contributed by atoms with E-state index < -0.39 is 38.4 Å². The normalized spacial score (nSPS) is 13.1. The Hall–Kier alpha value is -1.57. The fourth-order valence-corrected chi connectivity index (χ4v) is 3.26. The minimum atomic E-state index is -4.35. The summed E-state index contributed by atoms with van der Waals surface area (Å²) in [5.41, 5.74) is 0.580. The highest BCUT2D eigenvalue weighted by Gasteiger charge is 2.25. The summed E-state index contributed by atoms with van der Waals surface area (Å²) in [7, 11) is -4.35. The van der Waals surface area contributed by atoms with E-state index in [-0.39, 0.29) is 0 Å². The average molecular weight is 350 g/mol. The first kappa shape index (κ1) is 16.8. The van der Waals surface area contributed by atoms with Crippen LogP contribution in [0.15, 0.2) is 41.3 Å². The molecule has 0 bridgehead atoms. The third-order valence-corrected chi connectivity index (χ3v) is 4.80. The van der Waals surface area contributed by atoms with Crippen LogP contribution in [0.1, 0.15) is 18.5 Å². The van der Waals surface area contributed by atoms with Gasteiger partial charge in [0.25, 0.3) is 0 Å². The zero-order chi connectivity index (χ0) is 16.5. The minimum Gasteiger partial charge on any atom is -0.207 e. The topological polar surface area (TPSA) is 46.2 Å². The Morgan fingerprint density at radius 3 is 2.18 bits per heavy atom. The van der Waals surface area contributed by atoms with Crippen LogP contribution in [0.4, 0.5) is 13.2 Å². The first-order valence-corrected chi connectivity index (χ1v) is 8.00. The minimum absolute atomic E-state index is 0.477. The van der Waals surface area contributed by atoms with Crippen LogP contribution in [0.25, 0.3) is 0 Å². The molecule has 0 heterocycles. The molecule has 0 radical (unpaired) electrons. The van der Waals surface area contributed by atoms with Crippen molar-refractivity contribution in [3.05, 3.63) is 64.4 Å². The standard InChI is InChI=1S/C14H11ClF3NO2S/c1-8(9-2-4-10(15)5-3-9)19-22(20,21)12-7-6-11(16)13(17)14(12)18/h2-8,19H,1H3. The van der Waals surface area contributed by atoms with Gasteiger partial charge in [0.05, 0.1) is 0 Å². The van der Waals surface area contributed by atoms with Crippen molar-refractivity contribution in [2.75, 3.05) is 0 Å². The molecule has 0 saturated carbocycles. The molecule has 2 aromatic rings. The van der Waals surface area contributed by atoms with Crippen LogP contribution in [0.2, 0.25) is 5.02 Å². The molecule has 0 aliphatic carbocycles. The lowest BCUT2D eigenvalue weighted by atomic mass is 10.1. The smallest absolute Gasteiger partial charge is 0.207 e. The summed E-state index contributed by atoms with van der Waals surface area (Å²) in [5.74, 6) is -5.04. The van der Waals surface area contributed by atoms with Gasteiger partial charge < -0.3 is 0 Å². The molecule has 0 aromatic heterocycles. The van der Waals surface area contributed by atoms with Crippen molar-refractivity contribution in [2.24, 2.45) is 0 Å². The number of rotatable bonds is 4. The number of nitrogens with one attached hydrogen (secondary N) is 1. The molecule has 0 aliphatic heterocycles. The van der Waals surface area contributed by atoms with Crippen molar-refractivity contribution in [3.63, 3.8) is 0 Å². The average Bonchev–Trinajstić information content (AvgIpc) is 2.44. The van der Waals surface area contributed by atoms with Gasteiger partial charge in [-0.2, -0.15) is 0 Å². The second kappa shape index (κ2) is 6.28. The van der Waals surface area contributed by atoms with E-state index in [9.17, 15) is 21.6 Å². The summed E-state index contributed by atoms with van der Waals surface area (Å²) in [6.07, 6.45) is 0. The van der Waals surface area contributed by atoms with Crippen molar-refractivity contribution in [1.29, 1.82) is 0 Å². The van der Waals surface area contributed by atoms with Gasteiger partial charge >= 0.3 is 0 Å². The molecule has 2 aromatic carbocycles. The van der Waals surface area contributed by atoms with Crippen LogP contribution in [0.5, 0.6) is 0 Å². The first-order valence-electron chi connectivity index (χ1n) is 6.13. The molecule has 1 unspecified atom stereocenters. The molecule has 22 heavy (non-hydrogen) atoms. The van der Waals surface area contributed by atoms with Crippen molar-refractivity contribution in [1.82, 2.24) is 4.72 Å². The molecule has 0 saturated heterocycles. The molecule has 0 amide bonds. The van der Waals surface area contributed by atoms with E-state index in [0.29, 0.717) is 22.7 Å². The van der Waals surface area contributed by atoms with Gasteiger partial charge in [0.2, 0.25) is 10.0 Å². The molecule has 0 fully saturated rings.